The molecule has 1 aliphatic carbocycles. The summed E-state index contributed by atoms with van der Waals surface area (Å²) in [5.74, 6) is 1.20. The van der Waals surface area contributed by atoms with Crippen molar-refractivity contribution in [1.82, 2.24) is 9.62 Å². The fourth-order valence-electron chi connectivity index (χ4n) is 5.92. The zero-order valence-electron chi connectivity index (χ0n) is 24.3. The Morgan fingerprint density at radius 1 is 1.07 bits per heavy atom. The van der Waals surface area contributed by atoms with E-state index in [1.807, 2.05) is 44.2 Å². The van der Waals surface area contributed by atoms with Gasteiger partial charge in [0.15, 0.2) is 6.29 Å². The van der Waals surface area contributed by atoms with Gasteiger partial charge in [-0.2, -0.15) is 4.31 Å². The molecule has 11 heteroatoms. The van der Waals surface area contributed by atoms with Crippen molar-refractivity contribution in [3.05, 3.63) is 71.5 Å². The monoisotopic (exact) mass is 600 g/mol. The van der Waals surface area contributed by atoms with Gasteiger partial charge in [0, 0.05) is 30.5 Å². The van der Waals surface area contributed by atoms with E-state index in [1.165, 1.54) is 23.5 Å². The normalized spacial score (nSPS) is 23.1. The smallest absolute Gasteiger partial charge is 0.412 e. The summed E-state index contributed by atoms with van der Waals surface area (Å²) in [5.41, 5.74) is 1.85. The summed E-state index contributed by atoms with van der Waals surface area (Å²) in [7, 11) is -2.44. The number of ether oxygens (including phenoxy) is 4. The number of carbonyl (C=O) groups is 1. The molecule has 4 bridgehead atoms. The number of carbonyl (C=O) groups excluding carboxylic acids is 1. The van der Waals surface area contributed by atoms with Gasteiger partial charge in [0.25, 0.3) is 0 Å². The Labute approximate surface area is 247 Å². The number of methoxy groups -OCH3 is 1. The predicted octanol–water partition coefficient (Wildman–Crippen LogP) is 3.71. The van der Waals surface area contributed by atoms with Gasteiger partial charge in [0.2, 0.25) is 10.0 Å². The van der Waals surface area contributed by atoms with Crippen molar-refractivity contribution in [2.75, 3.05) is 33.4 Å². The molecule has 0 saturated carbocycles. The Bertz CT molecular complexity index is 1360. The van der Waals surface area contributed by atoms with Crippen LogP contribution in [-0.2, 0) is 30.7 Å². The molecule has 2 fully saturated rings. The molecule has 3 unspecified atom stereocenters. The molecule has 2 N–H and O–H groups in total. The molecular weight excluding hydrogens is 560 g/mol. The van der Waals surface area contributed by atoms with Crippen molar-refractivity contribution in [3.63, 3.8) is 0 Å². The van der Waals surface area contributed by atoms with Crippen molar-refractivity contribution in [2.45, 2.75) is 56.4 Å². The fraction of sp³-hybridized carbons (Fsp3) is 0.516. The first-order valence-corrected chi connectivity index (χ1v) is 15.9. The maximum atomic E-state index is 13.7. The molecule has 2 aromatic rings. The van der Waals surface area contributed by atoms with E-state index in [0.717, 1.165) is 24.0 Å². The first kappa shape index (κ1) is 30.5. The third kappa shape index (κ3) is 6.81. The number of fused-ring (bicyclic) bond motifs is 2. The molecule has 0 spiro atoms. The first-order valence-electron chi connectivity index (χ1n) is 14.5. The standard InChI is InChI=1S/C31H40N2O8S/c1-20(2)16-33(42(36,37)24-12-10-23(38-3)11-13-24)17-28(34)27(15-21-7-5-4-6-8-21)32-31(35)41-29-22-9-14-25-26(29)19-40-30(25)39-18-22/h4-8,10-13,20,22,25,27-28,30,34H,9,14-19H2,1-3H3,(H,32,35)/t22?,25?,27-,28+,30?/m0/s1. The summed E-state index contributed by atoms with van der Waals surface area (Å²) < 4.78 is 51.3. The molecule has 5 atom stereocenters. The second-order valence-corrected chi connectivity index (χ2v) is 13.5. The molecule has 228 valence electrons. The minimum atomic E-state index is -3.95. The zero-order valence-corrected chi connectivity index (χ0v) is 25.1. The Balaban J connectivity index is 1.36. The maximum Gasteiger partial charge on any atom is 0.412 e. The van der Waals surface area contributed by atoms with Gasteiger partial charge in [-0.25, -0.2) is 13.2 Å². The summed E-state index contributed by atoms with van der Waals surface area (Å²) in [6, 6.07) is 14.8. The Kier molecular flexibility index (Phi) is 9.54. The lowest BCUT2D eigenvalue weighted by atomic mass is 9.83. The molecule has 3 heterocycles. The van der Waals surface area contributed by atoms with Crippen LogP contribution in [0.5, 0.6) is 5.75 Å². The number of sulfonamides is 1. The number of hydrogen-bond acceptors (Lipinski definition) is 8. The van der Waals surface area contributed by atoms with Crippen molar-refractivity contribution < 1.29 is 37.3 Å². The highest BCUT2D eigenvalue weighted by Gasteiger charge is 2.45. The van der Waals surface area contributed by atoms with Crippen LogP contribution in [-0.4, -0.2) is 75.8 Å². The van der Waals surface area contributed by atoms with Gasteiger partial charge >= 0.3 is 6.09 Å². The van der Waals surface area contributed by atoms with Crippen molar-refractivity contribution in [3.8, 4) is 5.75 Å². The van der Waals surface area contributed by atoms with Crippen LogP contribution in [0.1, 0.15) is 32.3 Å². The molecule has 4 aliphatic rings. The minimum absolute atomic E-state index is 0.00511. The van der Waals surface area contributed by atoms with E-state index in [9.17, 15) is 18.3 Å². The number of nitrogens with one attached hydrogen (secondary N) is 1. The number of alkyl carbamates (subject to hydrolysis) is 1. The van der Waals surface area contributed by atoms with Crippen molar-refractivity contribution >= 4 is 16.1 Å². The van der Waals surface area contributed by atoms with E-state index in [2.05, 4.69) is 5.32 Å². The molecule has 6 rings (SSSR count). The van der Waals surface area contributed by atoms with Gasteiger partial charge in [-0.3, -0.25) is 0 Å². The fourth-order valence-corrected chi connectivity index (χ4v) is 7.54. The second-order valence-electron chi connectivity index (χ2n) is 11.6. The van der Waals surface area contributed by atoms with Crippen molar-refractivity contribution in [2.24, 2.45) is 17.8 Å². The average Bonchev–Trinajstić information content (AvgIpc) is 3.21. The number of benzene rings is 2. The Morgan fingerprint density at radius 3 is 2.50 bits per heavy atom. The molecular formula is C31H40N2O8S. The van der Waals surface area contributed by atoms with Crippen LogP contribution in [0.4, 0.5) is 4.79 Å². The van der Waals surface area contributed by atoms with Gasteiger partial charge in [0.1, 0.15) is 11.5 Å². The number of hydrogen-bond donors (Lipinski definition) is 2. The number of amides is 1. The third-order valence-electron chi connectivity index (χ3n) is 8.08. The van der Waals surface area contributed by atoms with Gasteiger partial charge in [-0.15, -0.1) is 0 Å². The van der Waals surface area contributed by atoms with Crippen LogP contribution >= 0.6 is 0 Å². The van der Waals surface area contributed by atoms with Crippen LogP contribution in [0.25, 0.3) is 0 Å². The van der Waals surface area contributed by atoms with E-state index in [0.29, 0.717) is 24.7 Å². The molecule has 2 aromatic carbocycles. The van der Waals surface area contributed by atoms with E-state index < -0.39 is 28.3 Å². The van der Waals surface area contributed by atoms with Gasteiger partial charge < -0.3 is 29.4 Å². The lowest BCUT2D eigenvalue weighted by Gasteiger charge is -2.31. The third-order valence-corrected chi connectivity index (χ3v) is 9.93. The van der Waals surface area contributed by atoms with E-state index in [4.69, 9.17) is 18.9 Å². The summed E-state index contributed by atoms with van der Waals surface area (Å²) in [4.78, 5) is 13.4. The summed E-state index contributed by atoms with van der Waals surface area (Å²) in [5, 5.41) is 14.4. The van der Waals surface area contributed by atoms with Crippen LogP contribution in [0, 0.1) is 17.8 Å². The van der Waals surface area contributed by atoms with Crippen molar-refractivity contribution in [1.29, 1.82) is 0 Å². The quantitative estimate of drug-likeness (QED) is 0.378. The molecule has 0 aromatic heterocycles. The Hall–Kier alpha value is -2.96. The van der Waals surface area contributed by atoms with Crippen LogP contribution < -0.4 is 10.1 Å². The summed E-state index contributed by atoms with van der Waals surface area (Å²) in [6.07, 6.45) is -0.150. The summed E-state index contributed by atoms with van der Waals surface area (Å²) >= 11 is 0. The highest BCUT2D eigenvalue weighted by molar-refractivity contribution is 7.89. The molecule has 2 saturated heterocycles. The molecule has 10 nitrogen and oxygen atoms in total. The second kappa shape index (κ2) is 13.1. The number of rotatable bonds is 12. The van der Waals surface area contributed by atoms with E-state index >= 15 is 0 Å². The first-order chi connectivity index (χ1) is 20.2. The molecule has 0 radical (unpaired) electrons. The number of nitrogens with zero attached hydrogens (tertiary/aromatic N) is 1. The predicted molar refractivity (Wildman–Crippen MR) is 155 cm³/mol. The van der Waals surface area contributed by atoms with E-state index in [1.54, 1.807) is 12.1 Å². The number of aliphatic hydroxyl groups is 1. The van der Waals surface area contributed by atoms with Gasteiger partial charge in [-0.05, 0) is 55.0 Å². The van der Waals surface area contributed by atoms with Gasteiger partial charge in [-0.1, -0.05) is 44.2 Å². The van der Waals surface area contributed by atoms with Gasteiger partial charge in [0.05, 0.1) is 37.4 Å². The highest BCUT2D eigenvalue weighted by Crippen LogP contribution is 2.45. The highest BCUT2D eigenvalue weighted by atomic mass is 32.2. The summed E-state index contributed by atoms with van der Waals surface area (Å²) in [6.45, 7) is 4.60. The number of aliphatic hydroxyl groups excluding tert-OH is 1. The Morgan fingerprint density at radius 2 is 1.81 bits per heavy atom. The van der Waals surface area contributed by atoms with Crippen LogP contribution in [0.2, 0.25) is 0 Å². The maximum absolute atomic E-state index is 13.7. The van der Waals surface area contributed by atoms with Crippen LogP contribution in [0.15, 0.2) is 70.8 Å². The molecule has 3 aliphatic heterocycles. The lowest BCUT2D eigenvalue weighted by molar-refractivity contribution is -0.129. The largest absolute Gasteiger partial charge is 0.497 e. The molecule has 42 heavy (non-hydrogen) atoms. The SMILES string of the molecule is COc1ccc(S(=O)(=O)N(CC(C)C)C[C@@H](O)[C@H](Cc2ccccc2)NC(=O)OC2=C3COC4OCC2CCC34)cc1. The average molecular weight is 601 g/mol. The zero-order chi connectivity index (χ0) is 29.9. The van der Waals surface area contributed by atoms with Crippen LogP contribution in [0.3, 0.4) is 0 Å². The topological polar surface area (TPSA) is 124 Å². The lowest BCUT2D eigenvalue weighted by Crippen LogP contribution is -2.51. The minimum Gasteiger partial charge on any atom is -0.497 e. The van der Waals surface area contributed by atoms with E-state index in [-0.39, 0.29) is 48.4 Å². The molecule has 1 amide bonds.